The van der Waals surface area contributed by atoms with Gasteiger partial charge in [0.05, 0.1) is 0 Å². The first-order valence-electron chi connectivity index (χ1n) is 8.29. The predicted molar refractivity (Wildman–Crippen MR) is 88.8 cm³/mol. The van der Waals surface area contributed by atoms with Crippen molar-refractivity contribution in [3.05, 3.63) is 29.8 Å². The molecule has 1 aliphatic heterocycles. The zero-order chi connectivity index (χ0) is 15.1. The van der Waals surface area contributed by atoms with Gasteiger partial charge in [0.15, 0.2) is 0 Å². The van der Waals surface area contributed by atoms with Gasteiger partial charge >= 0.3 is 0 Å². The number of rotatable bonds is 8. The molecule has 0 saturated carbocycles. The van der Waals surface area contributed by atoms with Crippen LogP contribution in [0.2, 0.25) is 0 Å². The summed E-state index contributed by atoms with van der Waals surface area (Å²) in [7, 11) is 0. The number of hydrogen-bond donors (Lipinski definition) is 1. The Kier molecular flexibility index (Phi) is 6.07. The third-order valence-electron chi connectivity index (χ3n) is 4.38. The van der Waals surface area contributed by atoms with Crippen LogP contribution >= 0.6 is 0 Å². The highest BCUT2D eigenvalue weighted by molar-refractivity contribution is 5.27. The van der Waals surface area contributed by atoms with E-state index in [2.05, 4.69) is 55.3 Å². The van der Waals surface area contributed by atoms with E-state index in [9.17, 15) is 0 Å². The molecule has 0 bridgehead atoms. The largest absolute Gasteiger partial charge is 0.492 e. The van der Waals surface area contributed by atoms with E-state index in [4.69, 9.17) is 4.74 Å². The molecule has 1 heterocycles. The number of ether oxygens (including phenoxy) is 1. The average Bonchev–Trinajstić information content (AvgIpc) is 2.80. The van der Waals surface area contributed by atoms with Crippen LogP contribution in [0.3, 0.4) is 0 Å². The smallest absolute Gasteiger partial charge is 0.119 e. The van der Waals surface area contributed by atoms with Gasteiger partial charge in [0.25, 0.3) is 0 Å². The lowest BCUT2D eigenvalue weighted by atomic mass is 10.0. The predicted octanol–water partition coefficient (Wildman–Crippen LogP) is 3.44. The Bertz CT molecular complexity index is 414. The maximum Gasteiger partial charge on any atom is 0.119 e. The van der Waals surface area contributed by atoms with Crippen molar-refractivity contribution in [3.8, 4) is 5.75 Å². The van der Waals surface area contributed by atoms with Crippen LogP contribution in [0.4, 0.5) is 0 Å². The van der Waals surface area contributed by atoms with Crippen molar-refractivity contribution in [3.63, 3.8) is 0 Å². The quantitative estimate of drug-likeness (QED) is 0.742. The summed E-state index contributed by atoms with van der Waals surface area (Å²) in [5.41, 5.74) is 1.66. The molecule has 0 aliphatic carbocycles. The molecule has 3 nitrogen and oxygen atoms in total. The van der Waals surface area contributed by atoms with E-state index in [0.29, 0.717) is 5.54 Å². The molecule has 0 amide bonds. The van der Waals surface area contributed by atoms with Crippen LogP contribution in [0.1, 0.15) is 45.6 Å². The number of benzene rings is 1. The molecule has 0 unspecified atom stereocenters. The molecule has 21 heavy (non-hydrogen) atoms. The second kappa shape index (κ2) is 7.81. The van der Waals surface area contributed by atoms with Crippen LogP contribution in [-0.2, 0) is 6.54 Å². The van der Waals surface area contributed by atoms with Crippen LogP contribution in [0.25, 0.3) is 0 Å². The lowest BCUT2D eigenvalue weighted by Crippen LogP contribution is -2.40. The monoisotopic (exact) mass is 290 g/mol. The van der Waals surface area contributed by atoms with Gasteiger partial charge in [-0.05, 0) is 63.9 Å². The Labute approximate surface area is 129 Å². The summed E-state index contributed by atoms with van der Waals surface area (Å²) < 4.78 is 5.88. The minimum absolute atomic E-state index is 0.345. The molecule has 1 saturated heterocycles. The van der Waals surface area contributed by atoms with Gasteiger partial charge in [-0.15, -0.1) is 0 Å². The SMILES string of the molecule is CCCNCc1ccc(OCCN2CCCC2(C)C)cc1. The van der Waals surface area contributed by atoms with Crippen molar-refractivity contribution < 1.29 is 4.74 Å². The number of nitrogens with one attached hydrogen (secondary N) is 1. The standard InChI is InChI=1S/C18H30N2O/c1-4-11-19-15-16-6-8-17(9-7-16)21-14-13-20-12-5-10-18(20,2)3/h6-9,19H,4-5,10-15H2,1-3H3. The van der Waals surface area contributed by atoms with Gasteiger partial charge < -0.3 is 10.1 Å². The van der Waals surface area contributed by atoms with E-state index in [1.165, 1.54) is 31.4 Å². The van der Waals surface area contributed by atoms with Gasteiger partial charge in [-0.1, -0.05) is 19.1 Å². The Hall–Kier alpha value is -1.06. The van der Waals surface area contributed by atoms with Crippen LogP contribution in [0, 0.1) is 0 Å². The van der Waals surface area contributed by atoms with Crippen molar-refractivity contribution in [2.75, 3.05) is 26.2 Å². The Balaban J connectivity index is 1.71. The molecular weight excluding hydrogens is 260 g/mol. The first-order valence-corrected chi connectivity index (χ1v) is 8.29. The molecule has 0 aromatic heterocycles. The molecule has 1 aliphatic rings. The maximum absolute atomic E-state index is 5.88. The first kappa shape index (κ1) is 16.3. The number of nitrogens with zero attached hydrogens (tertiary/aromatic N) is 1. The molecule has 1 aromatic carbocycles. The summed E-state index contributed by atoms with van der Waals surface area (Å²) in [6.07, 6.45) is 3.78. The molecule has 0 atom stereocenters. The highest BCUT2D eigenvalue weighted by atomic mass is 16.5. The first-order chi connectivity index (χ1) is 10.1. The third-order valence-corrected chi connectivity index (χ3v) is 4.38. The van der Waals surface area contributed by atoms with Crippen molar-refractivity contribution in [2.45, 2.75) is 52.1 Å². The zero-order valence-corrected chi connectivity index (χ0v) is 13.8. The maximum atomic E-state index is 5.88. The average molecular weight is 290 g/mol. The summed E-state index contributed by atoms with van der Waals surface area (Å²) in [6.45, 7) is 11.9. The van der Waals surface area contributed by atoms with E-state index in [-0.39, 0.29) is 0 Å². The van der Waals surface area contributed by atoms with Gasteiger partial charge in [-0.3, -0.25) is 4.90 Å². The molecule has 3 heteroatoms. The summed E-state index contributed by atoms with van der Waals surface area (Å²) >= 11 is 0. The number of likely N-dealkylation sites (tertiary alicyclic amines) is 1. The minimum Gasteiger partial charge on any atom is -0.492 e. The fourth-order valence-electron chi connectivity index (χ4n) is 2.96. The topological polar surface area (TPSA) is 24.5 Å². The highest BCUT2D eigenvalue weighted by Crippen LogP contribution is 2.27. The molecular formula is C18H30N2O. The summed E-state index contributed by atoms with van der Waals surface area (Å²) in [5, 5.41) is 3.41. The van der Waals surface area contributed by atoms with Crippen molar-refractivity contribution >= 4 is 0 Å². The lowest BCUT2D eigenvalue weighted by molar-refractivity contribution is 0.143. The Morgan fingerprint density at radius 1 is 1.24 bits per heavy atom. The third kappa shape index (κ3) is 5.01. The molecule has 1 N–H and O–H groups in total. The molecule has 0 radical (unpaired) electrons. The van der Waals surface area contributed by atoms with Crippen LogP contribution in [0.5, 0.6) is 5.75 Å². The van der Waals surface area contributed by atoms with E-state index in [1.807, 2.05) is 0 Å². The van der Waals surface area contributed by atoms with Crippen LogP contribution < -0.4 is 10.1 Å². The summed E-state index contributed by atoms with van der Waals surface area (Å²) in [4.78, 5) is 2.54. The molecule has 1 fully saturated rings. The zero-order valence-electron chi connectivity index (χ0n) is 13.8. The van der Waals surface area contributed by atoms with Crippen molar-refractivity contribution in [1.29, 1.82) is 0 Å². The fraction of sp³-hybridized carbons (Fsp3) is 0.667. The Morgan fingerprint density at radius 2 is 2.00 bits per heavy atom. The van der Waals surface area contributed by atoms with E-state index in [0.717, 1.165) is 32.0 Å². The van der Waals surface area contributed by atoms with Crippen molar-refractivity contribution in [1.82, 2.24) is 10.2 Å². The van der Waals surface area contributed by atoms with Gasteiger partial charge in [-0.2, -0.15) is 0 Å². The summed E-state index contributed by atoms with van der Waals surface area (Å²) in [5.74, 6) is 0.978. The van der Waals surface area contributed by atoms with E-state index >= 15 is 0 Å². The molecule has 1 aromatic rings. The lowest BCUT2D eigenvalue weighted by Gasteiger charge is -2.31. The minimum atomic E-state index is 0.345. The fourth-order valence-corrected chi connectivity index (χ4v) is 2.96. The van der Waals surface area contributed by atoms with Crippen LogP contribution in [-0.4, -0.2) is 36.7 Å². The van der Waals surface area contributed by atoms with Gasteiger partial charge in [-0.25, -0.2) is 0 Å². The Morgan fingerprint density at radius 3 is 2.62 bits per heavy atom. The second-order valence-electron chi connectivity index (χ2n) is 6.57. The van der Waals surface area contributed by atoms with Gasteiger partial charge in [0.1, 0.15) is 12.4 Å². The van der Waals surface area contributed by atoms with Crippen LogP contribution in [0.15, 0.2) is 24.3 Å². The van der Waals surface area contributed by atoms with Gasteiger partial charge in [0.2, 0.25) is 0 Å². The van der Waals surface area contributed by atoms with Gasteiger partial charge in [0, 0.05) is 18.6 Å². The molecule has 0 spiro atoms. The highest BCUT2D eigenvalue weighted by Gasteiger charge is 2.31. The molecule has 2 rings (SSSR count). The second-order valence-corrected chi connectivity index (χ2v) is 6.57. The van der Waals surface area contributed by atoms with E-state index in [1.54, 1.807) is 0 Å². The normalized spacial score (nSPS) is 18.0. The summed E-state index contributed by atoms with van der Waals surface area (Å²) in [6, 6.07) is 8.46. The molecule has 118 valence electrons. The van der Waals surface area contributed by atoms with Crippen molar-refractivity contribution in [2.24, 2.45) is 0 Å². The number of hydrogen-bond acceptors (Lipinski definition) is 3. The van der Waals surface area contributed by atoms with E-state index < -0.39 is 0 Å².